The summed E-state index contributed by atoms with van der Waals surface area (Å²) in [7, 11) is 3.54. The average molecular weight is 494 g/mol. The summed E-state index contributed by atoms with van der Waals surface area (Å²) in [5, 5.41) is 6.90. The van der Waals surface area contributed by atoms with Crippen LogP contribution in [0, 0.1) is 12.8 Å². The molecule has 1 unspecified atom stereocenters. The van der Waals surface area contributed by atoms with Crippen molar-refractivity contribution < 1.29 is 4.74 Å². The Bertz CT molecular complexity index is 781. The number of nitrogens with one attached hydrogen (secondary N) is 2. The number of ether oxygens (including phenoxy) is 1. The molecule has 5 nitrogen and oxygen atoms in total. The molecule has 152 valence electrons. The number of nitrogens with zero attached hydrogens (tertiary/aromatic N) is 2. The van der Waals surface area contributed by atoms with Crippen molar-refractivity contribution >= 4 is 35.6 Å². The number of halogens is 1. The van der Waals surface area contributed by atoms with E-state index in [2.05, 4.69) is 69.9 Å². The summed E-state index contributed by atoms with van der Waals surface area (Å²) >= 11 is 0. The fraction of sp³-hybridized carbons (Fsp3) is 0.409. The zero-order chi connectivity index (χ0) is 19.1. The standard InChI is InChI=1S/C22H30N4O.HI/c1-17-7-4-5-8-19(17)15-25-22(23-2)24-14-18-11-12-26(16-18)20-9-6-10-21(13-20)27-3;/h4-10,13,18H,11-12,14-16H2,1-3H3,(H2,23,24,25);1H. The first-order valence-electron chi connectivity index (χ1n) is 9.57. The third-order valence-electron chi connectivity index (χ3n) is 5.19. The van der Waals surface area contributed by atoms with Gasteiger partial charge < -0.3 is 20.3 Å². The highest BCUT2D eigenvalue weighted by Crippen LogP contribution is 2.26. The van der Waals surface area contributed by atoms with E-state index < -0.39 is 0 Å². The van der Waals surface area contributed by atoms with Gasteiger partial charge in [0.05, 0.1) is 7.11 Å². The van der Waals surface area contributed by atoms with Gasteiger partial charge in [-0.2, -0.15) is 0 Å². The van der Waals surface area contributed by atoms with Crippen LogP contribution in [0.5, 0.6) is 5.75 Å². The Morgan fingerprint density at radius 3 is 2.75 bits per heavy atom. The van der Waals surface area contributed by atoms with Crippen LogP contribution in [-0.4, -0.2) is 39.8 Å². The fourth-order valence-corrected chi connectivity index (χ4v) is 3.49. The second-order valence-corrected chi connectivity index (χ2v) is 7.04. The first-order chi connectivity index (χ1) is 13.2. The molecule has 1 heterocycles. The van der Waals surface area contributed by atoms with Gasteiger partial charge in [0.1, 0.15) is 5.75 Å². The van der Waals surface area contributed by atoms with Crippen LogP contribution in [0.1, 0.15) is 17.5 Å². The highest BCUT2D eigenvalue weighted by Gasteiger charge is 2.23. The summed E-state index contributed by atoms with van der Waals surface area (Å²) in [6.45, 7) is 5.98. The molecule has 1 atom stereocenters. The van der Waals surface area contributed by atoms with E-state index in [4.69, 9.17) is 4.74 Å². The molecule has 1 aliphatic rings. The molecule has 0 amide bonds. The minimum absolute atomic E-state index is 0. The molecule has 2 N–H and O–H groups in total. The molecule has 1 fully saturated rings. The van der Waals surface area contributed by atoms with E-state index in [9.17, 15) is 0 Å². The van der Waals surface area contributed by atoms with Gasteiger partial charge >= 0.3 is 0 Å². The van der Waals surface area contributed by atoms with E-state index in [0.29, 0.717) is 5.92 Å². The second-order valence-electron chi connectivity index (χ2n) is 7.04. The van der Waals surface area contributed by atoms with E-state index in [0.717, 1.165) is 37.9 Å². The molecule has 1 aliphatic heterocycles. The lowest BCUT2D eigenvalue weighted by molar-refractivity contribution is 0.415. The molecule has 0 radical (unpaired) electrons. The maximum atomic E-state index is 5.34. The van der Waals surface area contributed by atoms with Gasteiger partial charge in [0, 0.05) is 45.0 Å². The number of hydrogen-bond donors (Lipinski definition) is 2. The van der Waals surface area contributed by atoms with Crippen LogP contribution in [0.4, 0.5) is 5.69 Å². The third kappa shape index (κ3) is 6.02. The summed E-state index contributed by atoms with van der Waals surface area (Å²) in [5.41, 5.74) is 3.83. The van der Waals surface area contributed by atoms with E-state index in [-0.39, 0.29) is 24.0 Å². The number of aliphatic imine (C=N–C) groups is 1. The zero-order valence-corrected chi connectivity index (χ0v) is 19.3. The summed E-state index contributed by atoms with van der Waals surface area (Å²) < 4.78 is 5.34. The average Bonchev–Trinajstić information content (AvgIpc) is 3.18. The maximum absolute atomic E-state index is 5.34. The molecule has 2 aromatic carbocycles. The van der Waals surface area contributed by atoms with Gasteiger partial charge in [0.15, 0.2) is 5.96 Å². The highest BCUT2D eigenvalue weighted by atomic mass is 127. The molecule has 0 spiro atoms. The van der Waals surface area contributed by atoms with Gasteiger partial charge in [-0.25, -0.2) is 0 Å². The molecule has 0 saturated carbocycles. The van der Waals surface area contributed by atoms with Crippen molar-refractivity contribution in [2.45, 2.75) is 19.9 Å². The normalized spacial score (nSPS) is 16.5. The number of guanidine groups is 1. The van der Waals surface area contributed by atoms with Gasteiger partial charge in [0.2, 0.25) is 0 Å². The second kappa shape index (κ2) is 11.1. The van der Waals surface area contributed by atoms with Crippen LogP contribution < -0.4 is 20.3 Å². The van der Waals surface area contributed by atoms with Crippen LogP contribution >= 0.6 is 24.0 Å². The van der Waals surface area contributed by atoms with Crippen molar-refractivity contribution in [3.05, 3.63) is 59.7 Å². The van der Waals surface area contributed by atoms with Crippen molar-refractivity contribution in [1.29, 1.82) is 0 Å². The summed E-state index contributed by atoms with van der Waals surface area (Å²) in [5.74, 6) is 2.38. The Labute approximate surface area is 185 Å². The molecular weight excluding hydrogens is 463 g/mol. The van der Waals surface area contributed by atoms with E-state index in [1.54, 1.807) is 7.11 Å². The van der Waals surface area contributed by atoms with Crippen LogP contribution in [0.2, 0.25) is 0 Å². The minimum Gasteiger partial charge on any atom is -0.497 e. The fourth-order valence-electron chi connectivity index (χ4n) is 3.49. The summed E-state index contributed by atoms with van der Waals surface area (Å²) in [6.07, 6.45) is 1.18. The lowest BCUT2D eigenvalue weighted by Crippen LogP contribution is -2.40. The smallest absolute Gasteiger partial charge is 0.191 e. The number of anilines is 1. The first-order valence-corrected chi connectivity index (χ1v) is 9.57. The molecule has 2 aromatic rings. The zero-order valence-electron chi connectivity index (χ0n) is 16.9. The van der Waals surface area contributed by atoms with Crippen molar-refractivity contribution in [1.82, 2.24) is 10.6 Å². The van der Waals surface area contributed by atoms with Gasteiger partial charge in [-0.1, -0.05) is 30.3 Å². The molecule has 3 rings (SSSR count). The number of benzene rings is 2. The van der Waals surface area contributed by atoms with Crippen molar-refractivity contribution in [3.63, 3.8) is 0 Å². The Morgan fingerprint density at radius 1 is 1.18 bits per heavy atom. The van der Waals surface area contributed by atoms with Crippen LogP contribution in [0.25, 0.3) is 0 Å². The van der Waals surface area contributed by atoms with Crippen LogP contribution in [-0.2, 0) is 6.54 Å². The van der Waals surface area contributed by atoms with E-state index in [1.807, 2.05) is 13.1 Å². The molecular formula is C22H31IN4O. The Kier molecular flexibility index (Phi) is 8.89. The third-order valence-corrected chi connectivity index (χ3v) is 5.19. The predicted octanol–water partition coefficient (Wildman–Crippen LogP) is 3.81. The summed E-state index contributed by atoms with van der Waals surface area (Å²) in [4.78, 5) is 6.79. The van der Waals surface area contributed by atoms with Crippen molar-refractivity contribution in [2.75, 3.05) is 38.7 Å². The number of aryl methyl sites for hydroxylation is 1. The summed E-state index contributed by atoms with van der Waals surface area (Å²) in [6, 6.07) is 16.7. The SMILES string of the molecule is CN=C(NCc1ccccc1C)NCC1CCN(c2cccc(OC)c2)C1.I. The van der Waals surface area contributed by atoms with Crippen LogP contribution in [0.3, 0.4) is 0 Å². The van der Waals surface area contributed by atoms with Gasteiger partial charge in [-0.05, 0) is 42.5 Å². The maximum Gasteiger partial charge on any atom is 0.191 e. The molecule has 6 heteroatoms. The highest BCUT2D eigenvalue weighted by molar-refractivity contribution is 14.0. The monoisotopic (exact) mass is 494 g/mol. The minimum atomic E-state index is 0. The van der Waals surface area contributed by atoms with Gasteiger partial charge in [-0.15, -0.1) is 24.0 Å². The Morgan fingerprint density at radius 2 is 2.00 bits per heavy atom. The number of methoxy groups -OCH3 is 1. The molecule has 1 saturated heterocycles. The van der Waals surface area contributed by atoms with Crippen molar-refractivity contribution in [2.24, 2.45) is 10.9 Å². The topological polar surface area (TPSA) is 48.9 Å². The largest absolute Gasteiger partial charge is 0.497 e. The lowest BCUT2D eigenvalue weighted by Gasteiger charge is -2.20. The molecule has 28 heavy (non-hydrogen) atoms. The number of rotatable bonds is 6. The predicted molar refractivity (Wildman–Crippen MR) is 128 cm³/mol. The molecule has 0 aromatic heterocycles. The number of hydrogen-bond acceptors (Lipinski definition) is 3. The lowest BCUT2D eigenvalue weighted by atomic mass is 10.1. The quantitative estimate of drug-likeness (QED) is 0.365. The molecule has 0 aliphatic carbocycles. The molecule has 0 bridgehead atoms. The van der Waals surface area contributed by atoms with Crippen LogP contribution in [0.15, 0.2) is 53.5 Å². The van der Waals surface area contributed by atoms with Gasteiger partial charge in [0.25, 0.3) is 0 Å². The van der Waals surface area contributed by atoms with Gasteiger partial charge in [-0.3, -0.25) is 4.99 Å². The van der Waals surface area contributed by atoms with E-state index >= 15 is 0 Å². The first kappa shape index (κ1) is 22.3. The van der Waals surface area contributed by atoms with Crippen molar-refractivity contribution in [3.8, 4) is 5.75 Å². The Hall–Kier alpha value is -1.96. The Balaban J connectivity index is 0.00000280. The van der Waals surface area contributed by atoms with E-state index in [1.165, 1.54) is 23.2 Å².